The molecule has 1 aliphatic heterocycles. The van der Waals surface area contributed by atoms with E-state index in [-0.39, 0.29) is 0 Å². The molecule has 1 saturated heterocycles. The van der Waals surface area contributed by atoms with E-state index < -0.39 is 0 Å². The average molecular weight is 273 g/mol. The molecule has 0 spiro atoms. The largest absolute Gasteiger partial charge is 0.312 e. The number of hydrogen-bond acceptors (Lipinski definition) is 3. The molecule has 0 amide bonds. The molecule has 3 rings (SSSR count). The molecular weight excluding hydrogens is 246 g/mol. The molecule has 1 heterocycles. The summed E-state index contributed by atoms with van der Waals surface area (Å²) in [6.07, 6.45) is 4.02. The molecule has 110 valence electrons. The van der Waals surface area contributed by atoms with Crippen molar-refractivity contribution in [3.63, 3.8) is 0 Å². The number of hydrogen-bond donors (Lipinski definition) is 1. The zero-order valence-corrected chi connectivity index (χ0v) is 12.8. The summed E-state index contributed by atoms with van der Waals surface area (Å²) in [6.45, 7) is 3.50. The number of rotatable bonds is 6. The van der Waals surface area contributed by atoms with Gasteiger partial charge in [-0.3, -0.25) is 4.90 Å². The Kier molecular flexibility index (Phi) is 4.39. The summed E-state index contributed by atoms with van der Waals surface area (Å²) < 4.78 is 0. The second kappa shape index (κ2) is 6.25. The van der Waals surface area contributed by atoms with E-state index in [0.29, 0.717) is 12.1 Å². The van der Waals surface area contributed by atoms with Gasteiger partial charge in [0.15, 0.2) is 0 Å². The van der Waals surface area contributed by atoms with Gasteiger partial charge in [-0.15, -0.1) is 0 Å². The standard InChI is InChI=1S/C17H27N3/c1-19(2)16-10-11-20(13-16)17(12-18-15-8-9-15)14-6-4-3-5-7-14/h3-7,15-18H,8-13H2,1-2H3. The van der Waals surface area contributed by atoms with Gasteiger partial charge in [0.1, 0.15) is 0 Å². The first-order chi connectivity index (χ1) is 9.74. The van der Waals surface area contributed by atoms with Crippen molar-refractivity contribution < 1.29 is 0 Å². The number of benzene rings is 1. The Morgan fingerprint density at radius 2 is 1.95 bits per heavy atom. The number of nitrogens with zero attached hydrogens (tertiary/aromatic N) is 2. The van der Waals surface area contributed by atoms with E-state index >= 15 is 0 Å². The van der Waals surface area contributed by atoms with Crippen molar-refractivity contribution >= 4 is 0 Å². The zero-order chi connectivity index (χ0) is 13.9. The van der Waals surface area contributed by atoms with E-state index in [1.807, 2.05) is 0 Å². The van der Waals surface area contributed by atoms with Gasteiger partial charge in [0.25, 0.3) is 0 Å². The molecule has 1 aliphatic carbocycles. The third-order valence-corrected chi connectivity index (χ3v) is 4.73. The highest BCUT2D eigenvalue weighted by atomic mass is 15.3. The molecule has 1 aromatic carbocycles. The van der Waals surface area contributed by atoms with Gasteiger partial charge in [0.05, 0.1) is 0 Å². The van der Waals surface area contributed by atoms with Gasteiger partial charge in [-0.1, -0.05) is 30.3 Å². The second-order valence-electron chi connectivity index (χ2n) is 6.51. The third kappa shape index (κ3) is 3.40. The molecule has 3 heteroatoms. The molecule has 2 unspecified atom stereocenters. The van der Waals surface area contributed by atoms with Crippen molar-refractivity contribution in [3.8, 4) is 0 Å². The molecule has 1 aromatic rings. The predicted octanol–water partition coefficient (Wildman–Crippen LogP) is 2.12. The van der Waals surface area contributed by atoms with E-state index in [1.54, 1.807) is 0 Å². The Morgan fingerprint density at radius 1 is 1.20 bits per heavy atom. The van der Waals surface area contributed by atoms with Gasteiger partial charge in [-0.25, -0.2) is 0 Å². The Balaban J connectivity index is 1.68. The predicted molar refractivity (Wildman–Crippen MR) is 83.9 cm³/mol. The first-order valence-corrected chi connectivity index (χ1v) is 7.93. The number of likely N-dealkylation sites (tertiary alicyclic amines) is 1. The van der Waals surface area contributed by atoms with Gasteiger partial charge >= 0.3 is 0 Å². The van der Waals surface area contributed by atoms with E-state index in [9.17, 15) is 0 Å². The van der Waals surface area contributed by atoms with Gasteiger partial charge in [-0.2, -0.15) is 0 Å². The summed E-state index contributed by atoms with van der Waals surface area (Å²) in [6, 6.07) is 13.0. The molecule has 1 N–H and O–H groups in total. The van der Waals surface area contributed by atoms with E-state index in [4.69, 9.17) is 0 Å². The Labute approximate surface area is 123 Å². The minimum atomic E-state index is 0.529. The molecule has 0 radical (unpaired) electrons. The van der Waals surface area contributed by atoms with Crippen LogP contribution >= 0.6 is 0 Å². The van der Waals surface area contributed by atoms with Crippen LogP contribution in [0.15, 0.2) is 30.3 Å². The van der Waals surface area contributed by atoms with Crippen LogP contribution in [0.2, 0.25) is 0 Å². The lowest BCUT2D eigenvalue weighted by Gasteiger charge is -2.29. The summed E-state index contributed by atoms with van der Waals surface area (Å²) in [5.74, 6) is 0. The Morgan fingerprint density at radius 3 is 2.55 bits per heavy atom. The van der Waals surface area contributed by atoms with Crippen LogP contribution in [0.1, 0.15) is 30.9 Å². The van der Waals surface area contributed by atoms with Crippen LogP contribution in [0.3, 0.4) is 0 Å². The SMILES string of the molecule is CN(C)C1CCN(C(CNC2CC2)c2ccccc2)C1. The average Bonchev–Trinajstić information content (AvgIpc) is 3.15. The fourth-order valence-electron chi connectivity index (χ4n) is 3.17. The van der Waals surface area contributed by atoms with Crippen LogP contribution in [0, 0.1) is 0 Å². The van der Waals surface area contributed by atoms with Gasteiger partial charge in [0.2, 0.25) is 0 Å². The topological polar surface area (TPSA) is 18.5 Å². The molecular formula is C17H27N3. The van der Waals surface area contributed by atoms with Crippen molar-refractivity contribution in [3.05, 3.63) is 35.9 Å². The maximum Gasteiger partial charge on any atom is 0.0473 e. The molecule has 1 saturated carbocycles. The smallest absolute Gasteiger partial charge is 0.0473 e. The minimum absolute atomic E-state index is 0.529. The first kappa shape index (κ1) is 14.1. The van der Waals surface area contributed by atoms with E-state index in [1.165, 1.54) is 37.9 Å². The highest BCUT2D eigenvalue weighted by Crippen LogP contribution is 2.27. The van der Waals surface area contributed by atoms with Crippen molar-refractivity contribution in [1.82, 2.24) is 15.1 Å². The molecule has 2 atom stereocenters. The maximum absolute atomic E-state index is 3.72. The summed E-state index contributed by atoms with van der Waals surface area (Å²) in [5, 5.41) is 3.72. The molecule has 2 fully saturated rings. The summed E-state index contributed by atoms with van der Waals surface area (Å²) in [4.78, 5) is 5.03. The Hall–Kier alpha value is -0.900. The van der Waals surface area contributed by atoms with Gasteiger partial charge in [-0.05, 0) is 38.9 Å². The monoisotopic (exact) mass is 273 g/mol. The highest BCUT2D eigenvalue weighted by molar-refractivity contribution is 5.20. The fourth-order valence-corrected chi connectivity index (χ4v) is 3.17. The van der Waals surface area contributed by atoms with E-state index in [2.05, 4.69) is 59.5 Å². The molecule has 0 aromatic heterocycles. The lowest BCUT2D eigenvalue weighted by atomic mass is 10.1. The highest BCUT2D eigenvalue weighted by Gasteiger charge is 2.31. The second-order valence-corrected chi connectivity index (χ2v) is 6.51. The number of nitrogens with one attached hydrogen (secondary N) is 1. The van der Waals surface area contributed by atoms with Gasteiger partial charge in [0, 0.05) is 37.8 Å². The molecule has 2 aliphatic rings. The summed E-state index contributed by atoms with van der Waals surface area (Å²) in [7, 11) is 4.41. The van der Waals surface area contributed by atoms with Crippen LogP contribution in [0.4, 0.5) is 0 Å². The van der Waals surface area contributed by atoms with Crippen molar-refractivity contribution in [2.24, 2.45) is 0 Å². The number of likely N-dealkylation sites (N-methyl/N-ethyl adjacent to an activating group) is 1. The lowest BCUT2D eigenvalue weighted by Crippen LogP contribution is -2.37. The third-order valence-electron chi connectivity index (χ3n) is 4.73. The lowest BCUT2D eigenvalue weighted by molar-refractivity contribution is 0.212. The van der Waals surface area contributed by atoms with Crippen molar-refractivity contribution in [1.29, 1.82) is 0 Å². The van der Waals surface area contributed by atoms with E-state index in [0.717, 1.165) is 12.6 Å². The molecule has 20 heavy (non-hydrogen) atoms. The van der Waals surface area contributed by atoms with Crippen molar-refractivity contribution in [2.75, 3.05) is 33.7 Å². The molecule has 3 nitrogen and oxygen atoms in total. The quantitative estimate of drug-likeness (QED) is 0.856. The van der Waals surface area contributed by atoms with Crippen molar-refractivity contribution in [2.45, 2.75) is 37.4 Å². The fraction of sp³-hybridized carbons (Fsp3) is 0.647. The maximum atomic E-state index is 3.72. The summed E-state index contributed by atoms with van der Waals surface area (Å²) >= 11 is 0. The van der Waals surface area contributed by atoms with Crippen LogP contribution in [0.5, 0.6) is 0 Å². The van der Waals surface area contributed by atoms with Crippen LogP contribution in [0.25, 0.3) is 0 Å². The van der Waals surface area contributed by atoms with Crippen LogP contribution < -0.4 is 5.32 Å². The normalized spacial score (nSPS) is 25.2. The van der Waals surface area contributed by atoms with Crippen LogP contribution in [-0.2, 0) is 0 Å². The summed E-state index contributed by atoms with van der Waals surface area (Å²) in [5.41, 5.74) is 1.46. The minimum Gasteiger partial charge on any atom is -0.312 e. The molecule has 0 bridgehead atoms. The van der Waals surface area contributed by atoms with Crippen LogP contribution in [-0.4, -0.2) is 55.6 Å². The Bertz CT molecular complexity index is 414. The first-order valence-electron chi connectivity index (χ1n) is 7.93. The van der Waals surface area contributed by atoms with Gasteiger partial charge < -0.3 is 10.2 Å². The zero-order valence-electron chi connectivity index (χ0n) is 12.8.